The number of pyridine rings is 1. The van der Waals surface area contributed by atoms with Crippen molar-refractivity contribution < 1.29 is 9.32 Å². The number of nitrogens with zero attached hydrogens (tertiary/aromatic N) is 1. The van der Waals surface area contributed by atoms with E-state index in [2.05, 4.69) is 4.98 Å². The molecule has 20 heavy (non-hydrogen) atoms. The molecule has 104 valence electrons. The van der Waals surface area contributed by atoms with Gasteiger partial charge in [0.05, 0.1) is 5.60 Å². The van der Waals surface area contributed by atoms with Crippen LogP contribution in [0.3, 0.4) is 0 Å². The molecule has 2 fully saturated rings. The second kappa shape index (κ2) is 4.37. The van der Waals surface area contributed by atoms with Crippen LogP contribution in [0.15, 0.2) is 36.7 Å². The number of hydrogen-bond donors (Lipinski definition) is 1. The van der Waals surface area contributed by atoms with E-state index in [0.29, 0.717) is 12.8 Å². The van der Waals surface area contributed by atoms with E-state index < -0.39 is 16.4 Å². The lowest BCUT2D eigenvalue weighted by atomic mass is 9.84. The highest BCUT2D eigenvalue weighted by atomic mass is 32.2. The molecule has 2 unspecified atom stereocenters. The van der Waals surface area contributed by atoms with E-state index in [1.165, 1.54) is 0 Å². The van der Waals surface area contributed by atoms with Crippen LogP contribution in [0.25, 0.3) is 10.8 Å². The van der Waals surface area contributed by atoms with Crippen molar-refractivity contribution in [2.75, 3.05) is 0 Å². The van der Waals surface area contributed by atoms with Crippen molar-refractivity contribution in [3.05, 3.63) is 42.2 Å². The maximum absolute atomic E-state index is 12.2. The van der Waals surface area contributed by atoms with Gasteiger partial charge in [0.15, 0.2) is 0 Å². The second-order valence-electron chi connectivity index (χ2n) is 6.00. The van der Waals surface area contributed by atoms with Crippen LogP contribution in [0, 0.1) is 0 Å². The minimum atomic E-state index is -0.867. The Labute approximate surface area is 120 Å². The summed E-state index contributed by atoms with van der Waals surface area (Å²) in [5.41, 5.74) is 0.0392. The molecule has 0 spiro atoms. The minimum absolute atomic E-state index is 0.151. The third-order valence-electron chi connectivity index (χ3n) is 4.77. The summed E-state index contributed by atoms with van der Waals surface area (Å²) in [4.78, 5) is 4.29. The van der Waals surface area contributed by atoms with Crippen LogP contribution in [0.2, 0.25) is 0 Å². The molecule has 1 aromatic heterocycles. The van der Waals surface area contributed by atoms with Crippen LogP contribution in [-0.4, -0.2) is 24.8 Å². The topological polar surface area (TPSA) is 50.2 Å². The largest absolute Gasteiger partial charge is 0.385 e. The van der Waals surface area contributed by atoms with Crippen molar-refractivity contribution in [2.45, 2.75) is 41.8 Å². The summed E-state index contributed by atoms with van der Waals surface area (Å²) in [7, 11) is -0.753. The molecule has 3 nitrogen and oxygen atoms in total. The SMILES string of the molecule is O=S1C2CCC1CC(O)(c1cncc3ccccc13)C2. The molecule has 2 aliphatic rings. The molecule has 2 aliphatic heterocycles. The Morgan fingerprint density at radius 2 is 1.85 bits per heavy atom. The summed E-state index contributed by atoms with van der Waals surface area (Å²) >= 11 is 0. The molecule has 0 amide bonds. The number of hydrogen-bond acceptors (Lipinski definition) is 3. The normalized spacial score (nSPS) is 36.4. The zero-order valence-electron chi connectivity index (χ0n) is 11.2. The highest BCUT2D eigenvalue weighted by Gasteiger charge is 2.48. The average molecular weight is 287 g/mol. The highest BCUT2D eigenvalue weighted by molar-refractivity contribution is 7.86. The molecule has 3 heterocycles. The third-order valence-corrected chi connectivity index (χ3v) is 6.89. The van der Waals surface area contributed by atoms with E-state index in [4.69, 9.17) is 0 Å². The molecule has 0 aliphatic carbocycles. The van der Waals surface area contributed by atoms with Gasteiger partial charge in [0, 0.05) is 44.6 Å². The fourth-order valence-electron chi connectivity index (χ4n) is 3.79. The van der Waals surface area contributed by atoms with Crippen molar-refractivity contribution in [2.24, 2.45) is 0 Å². The Hall–Kier alpha value is -1.26. The summed E-state index contributed by atoms with van der Waals surface area (Å²) in [6.07, 6.45) is 6.79. The minimum Gasteiger partial charge on any atom is -0.385 e. The van der Waals surface area contributed by atoms with E-state index in [1.807, 2.05) is 30.5 Å². The zero-order chi connectivity index (χ0) is 13.7. The van der Waals surface area contributed by atoms with Crippen molar-refractivity contribution in [1.29, 1.82) is 0 Å². The number of aromatic nitrogens is 1. The fraction of sp³-hybridized carbons (Fsp3) is 0.438. The summed E-state index contributed by atoms with van der Waals surface area (Å²) in [5.74, 6) is 0. The first-order valence-electron chi connectivity index (χ1n) is 7.12. The van der Waals surface area contributed by atoms with E-state index in [1.54, 1.807) is 6.20 Å². The quantitative estimate of drug-likeness (QED) is 0.876. The van der Waals surface area contributed by atoms with Crippen LogP contribution in [-0.2, 0) is 16.4 Å². The van der Waals surface area contributed by atoms with Gasteiger partial charge in [-0.25, -0.2) is 0 Å². The Kier molecular flexibility index (Phi) is 2.72. The lowest BCUT2D eigenvalue weighted by Crippen LogP contribution is -2.40. The highest BCUT2D eigenvalue weighted by Crippen LogP contribution is 2.47. The molecule has 0 saturated carbocycles. The van der Waals surface area contributed by atoms with Crippen LogP contribution in [0.4, 0.5) is 0 Å². The first-order valence-corrected chi connectivity index (χ1v) is 8.40. The summed E-state index contributed by atoms with van der Waals surface area (Å²) in [6.45, 7) is 0. The van der Waals surface area contributed by atoms with Crippen LogP contribution >= 0.6 is 0 Å². The third kappa shape index (κ3) is 1.75. The lowest BCUT2D eigenvalue weighted by molar-refractivity contribution is 0.0196. The molecule has 0 radical (unpaired) electrons. The molecular formula is C16H17NO2S. The van der Waals surface area contributed by atoms with Gasteiger partial charge >= 0.3 is 0 Å². The van der Waals surface area contributed by atoms with E-state index >= 15 is 0 Å². The van der Waals surface area contributed by atoms with Crippen molar-refractivity contribution in [1.82, 2.24) is 4.98 Å². The molecule has 4 heteroatoms. The molecule has 2 atom stereocenters. The van der Waals surface area contributed by atoms with Gasteiger partial charge in [-0.15, -0.1) is 0 Å². The number of fused-ring (bicyclic) bond motifs is 3. The Bertz CT molecular complexity index is 678. The van der Waals surface area contributed by atoms with Crippen LogP contribution in [0.1, 0.15) is 31.2 Å². The summed E-state index contributed by atoms with van der Waals surface area (Å²) in [6, 6.07) is 8.03. The fourth-order valence-corrected chi connectivity index (χ4v) is 5.95. The smallest absolute Gasteiger partial charge is 0.0940 e. The molecule has 2 bridgehead atoms. The second-order valence-corrected chi connectivity index (χ2v) is 7.99. The maximum Gasteiger partial charge on any atom is 0.0940 e. The maximum atomic E-state index is 12.2. The molecule has 1 N–H and O–H groups in total. The van der Waals surface area contributed by atoms with Crippen LogP contribution < -0.4 is 0 Å². The Morgan fingerprint density at radius 3 is 2.60 bits per heavy atom. The van der Waals surface area contributed by atoms with Crippen LogP contribution in [0.5, 0.6) is 0 Å². The van der Waals surface area contributed by atoms with Gasteiger partial charge in [-0.05, 0) is 31.1 Å². The van der Waals surface area contributed by atoms with Gasteiger partial charge in [0.2, 0.25) is 0 Å². The van der Waals surface area contributed by atoms with Crippen molar-refractivity contribution >= 4 is 21.6 Å². The van der Waals surface area contributed by atoms with Gasteiger partial charge < -0.3 is 5.11 Å². The predicted molar refractivity (Wildman–Crippen MR) is 79.8 cm³/mol. The van der Waals surface area contributed by atoms with E-state index in [9.17, 15) is 9.32 Å². The standard InChI is InChI=1S/C16H17NO2S/c18-16(7-12-5-6-13(8-16)20(12)19)15-10-17-9-11-3-1-2-4-14(11)15/h1-4,9-10,12-13,18H,5-8H2. The van der Waals surface area contributed by atoms with Gasteiger partial charge in [-0.3, -0.25) is 9.19 Å². The predicted octanol–water partition coefficient (Wildman–Crippen LogP) is 2.50. The molecular weight excluding hydrogens is 270 g/mol. The van der Waals surface area contributed by atoms with Crippen molar-refractivity contribution in [3.8, 4) is 0 Å². The molecule has 4 rings (SSSR count). The van der Waals surface area contributed by atoms with Gasteiger partial charge in [0.1, 0.15) is 0 Å². The summed E-state index contributed by atoms with van der Waals surface area (Å²) < 4.78 is 12.2. The number of benzene rings is 1. The first-order chi connectivity index (χ1) is 9.67. The average Bonchev–Trinajstić information content (AvgIpc) is 2.70. The summed E-state index contributed by atoms with van der Waals surface area (Å²) in [5, 5.41) is 13.6. The Morgan fingerprint density at radius 1 is 1.15 bits per heavy atom. The van der Waals surface area contributed by atoms with Gasteiger partial charge in [-0.2, -0.15) is 0 Å². The zero-order valence-corrected chi connectivity index (χ0v) is 12.0. The monoisotopic (exact) mass is 287 g/mol. The number of rotatable bonds is 1. The molecule has 1 aromatic carbocycles. The Balaban J connectivity index is 1.85. The number of aliphatic hydroxyl groups is 1. The first kappa shape index (κ1) is 12.5. The lowest BCUT2D eigenvalue weighted by Gasteiger charge is -2.36. The van der Waals surface area contributed by atoms with Gasteiger partial charge in [0.25, 0.3) is 0 Å². The van der Waals surface area contributed by atoms with Gasteiger partial charge in [-0.1, -0.05) is 24.3 Å². The van der Waals surface area contributed by atoms with E-state index in [0.717, 1.165) is 29.2 Å². The van der Waals surface area contributed by atoms with E-state index in [-0.39, 0.29) is 10.5 Å². The molecule has 2 aromatic rings. The van der Waals surface area contributed by atoms with Crippen molar-refractivity contribution in [3.63, 3.8) is 0 Å². The molecule has 2 saturated heterocycles.